The number of nitrogens with zero attached hydrogens (tertiary/aromatic N) is 3. The zero-order valence-corrected chi connectivity index (χ0v) is 15.1. The van der Waals surface area contributed by atoms with Crippen LogP contribution in [0.15, 0.2) is 47.3 Å². The average Bonchev–Trinajstić information content (AvgIpc) is 2.96. The fraction of sp³-hybridized carbons (Fsp3) is 0.167. The summed E-state index contributed by atoms with van der Waals surface area (Å²) in [6, 6.07) is 7.47. The molecule has 126 valence electrons. The summed E-state index contributed by atoms with van der Waals surface area (Å²) in [6.45, 7) is 0.814. The van der Waals surface area contributed by atoms with Gasteiger partial charge in [-0.1, -0.05) is 0 Å². The number of carbonyl (C=O) groups excluding carboxylic acids is 1. The fourth-order valence-corrected chi connectivity index (χ4v) is 3.37. The Hall–Kier alpha value is -2.67. The minimum atomic E-state index is -0.163. The molecule has 1 aliphatic heterocycles. The van der Waals surface area contributed by atoms with E-state index in [9.17, 15) is 4.79 Å². The first-order chi connectivity index (χ1) is 12.1. The number of fused-ring (bicyclic) bond motifs is 3. The topological polar surface area (TPSA) is 69.0 Å². The molecule has 1 N–H and O–H groups in total. The minimum absolute atomic E-state index is 0.163. The molecule has 0 atom stereocenters. The first kappa shape index (κ1) is 15.8. The standard InChI is InChI=1S/C18H15BrN4O2/c1-23-9-15(19)16(22-23)8-21-18(24)11-2-3-14-13-4-5-20-7-12(13)10-25-17(14)6-11/h2-7,9H,8,10H2,1H3,(H,21,24). The maximum atomic E-state index is 12.4. The number of ether oxygens (including phenoxy) is 1. The van der Waals surface area contributed by atoms with Gasteiger partial charge in [-0.25, -0.2) is 0 Å². The van der Waals surface area contributed by atoms with Crippen LogP contribution in [0.1, 0.15) is 21.6 Å². The number of aromatic nitrogens is 3. The zero-order chi connectivity index (χ0) is 17.4. The highest BCUT2D eigenvalue weighted by molar-refractivity contribution is 9.10. The van der Waals surface area contributed by atoms with Gasteiger partial charge in [0.15, 0.2) is 0 Å². The number of amides is 1. The molecule has 0 aliphatic carbocycles. The van der Waals surface area contributed by atoms with Crippen LogP contribution in [0.25, 0.3) is 11.1 Å². The molecule has 0 radical (unpaired) electrons. The fourth-order valence-electron chi connectivity index (χ4n) is 2.86. The summed E-state index contributed by atoms with van der Waals surface area (Å²) in [6.07, 6.45) is 5.42. The Morgan fingerprint density at radius 1 is 1.36 bits per heavy atom. The predicted octanol–water partition coefficient (Wildman–Crippen LogP) is 3.07. The zero-order valence-electron chi connectivity index (χ0n) is 13.5. The van der Waals surface area contributed by atoms with E-state index < -0.39 is 0 Å². The number of carbonyl (C=O) groups is 1. The van der Waals surface area contributed by atoms with E-state index in [0.717, 1.165) is 26.9 Å². The molecule has 3 aromatic rings. The van der Waals surface area contributed by atoms with Gasteiger partial charge < -0.3 is 10.1 Å². The molecule has 0 bridgehead atoms. The molecule has 0 saturated heterocycles. The summed E-state index contributed by atoms with van der Waals surface area (Å²) in [5.74, 6) is 0.551. The molecular formula is C18H15BrN4O2. The van der Waals surface area contributed by atoms with Gasteiger partial charge in [0.05, 0.1) is 16.7 Å². The summed E-state index contributed by atoms with van der Waals surface area (Å²) in [5.41, 5.74) is 4.47. The highest BCUT2D eigenvalue weighted by Gasteiger charge is 2.19. The van der Waals surface area contributed by atoms with Crippen molar-refractivity contribution >= 4 is 21.8 Å². The number of benzene rings is 1. The Bertz CT molecular complexity index is 967. The van der Waals surface area contributed by atoms with Crippen molar-refractivity contribution in [2.45, 2.75) is 13.2 Å². The molecule has 0 fully saturated rings. The molecule has 1 amide bonds. The number of hydrogen-bond donors (Lipinski definition) is 1. The van der Waals surface area contributed by atoms with Crippen LogP contribution in [0.4, 0.5) is 0 Å². The van der Waals surface area contributed by atoms with Crippen LogP contribution in [-0.2, 0) is 20.2 Å². The monoisotopic (exact) mass is 398 g/mol. The molecule has 1 aromatic carbocycles. The number of nitrogens with one attached hydrogen (secondary N) is 1. The highest BCUT2D eigenvalue weighted by atomic mass is 79.9. The number of pyridine rings is 1. The lowest BCUT2D eigenvalue weighted by molar-refractivity contribution is 0.0950. The molecule has 0 spiro atoms. The predicted molar refractivity (Wildman–Crippen MR) is 96.1 cm³/mol. The number of halogens is 1. The Kier molecular flexibility index (Phi) is 4.01. The van der Waals surface area contributed by atoms with Gasteiger partial charge in [0.25, 0.3) is 5.91 Å². The lowest BCUT2D eigenvalue weighted by atomic mass is 9.97. The van der Waals surface area contributed by atoms with Crippen molar-refractivity contribution in [1.82, 2.24) is 20.1 Å². The van der Waals surface area contributed by atoms with E-state index in [2.05, 4.69) is 31.3 Å². The molecule has 3 heterocycles. The first-order valence-electron chi connectivity index (χ1n) is 7.78. The Morgan fingerprint density at radius 2 is 2.24 bits per heavy atom. The van der Waals surface area contributed by atoms with E-state index in [0.29, 0.717) is 24.5 Å². The molecule has 2 aromatic heterocycles. The minimum Gasteiger partial charge on any atom is -0.488 e. The summed E-state index contributed by atoms with van der Waals surface area (Å²) >= 11 is 3.43. The van der Waals surface area contributed by atoms with Crippen molar-refractivity contribution in [1.29, 1.82) is 0 Å². The second-order valence-corrected chi connectivity index (χ2v) is 6.67. The van der Waals surface area contributed by atoms with Gasteiger partial charge in [-0.05, 0) is 45.8 Å². The van der Waals surface area contributed by atoms with E-state index >= 15 is 0 Å². The Balaban J connectivity index is 1.54. The maximum Gasteiger partial charge on any atom is 0.251 e. The molecule has 4 rings (SSSR count). The molecule has 25 heavy (non-hydrogen) atoms. The normalized spacial score (nSPS) is 12.1. The third kappa shape index (κ3) is 3.02. The molecule has 6 nitrogen and oxygen atoms in total. The second-order valence-electron chi connectivity index (χ2n) is 5.81. The van der Waals surface area contributed by atoms with Crippen molar-refractivity contribution in [2.75, 3.05) is 0 Å². The van der Waals surface area contributed by atoms with Crippen LogP contribution in [0, 0.1) is 0 Å². The molecule has 0 saturated carbocycles. The van der Waals surface area contributed by atoms with Crippen molar-refractivity contribution < 1.29 is 9.53 Å². The van der Waals surface area contributed by atoms with Crippen LogP contribution in [0.5, 0.6) is 5.75 Å². The van der Waals surface area contributed by atoms with E-state index in [1.807, 2.05) is 31.6 Å². The van der Waals surface area contributed by atoms with Crippen LogP contribution < -0.4 is 10.1 Å². The quantitative estimate of drug-likeness (QED) is 0.735. The third-order valence-electron chi connectivity index (χ3n) is 4.09. The molecule has 1 aliphatic rings. The number of aryl methyl sites for hydroxylation is 1. The summed E-state index contributed by atoms with van der Waals surface area (Å²) < 4.78 is 8.35. The van der Waals surface area contributed by atoms with Crippen molar-refractivity contribution in [2.24, 2.45) is 7.05 Å². The highest BCUT2D eigenvalue weighted by Crippen LogP contribution is 2.37. The van der Waals surface area contributed by atoms with E-state index in [1.54, 1.807) is 23.0 Å². The lowest BCUT2D eigenvalue weighted by Crippen LogP contribution is -2.23. The van der Waals surface area contributed by atoms with E-state index in [1.165, 1.54) is 0 Å². The smallest absolute Gasteiger partial charge is 0.251 e. The van der Waals surface area contributed by atoms with Crippen LogP contribution in [0.3, 0.4) is 0 Å². The van der Waals surface area contributed by atoms with Crippen LogP contribution in [0.2, 0.25) is 0 Å². The van der Waals surface area contributed by atoms with E-state index in [-0.39, 0.29) is 5.91 Å². The first-order valence-corrected chi connectivity index (χ1v) is 8.57. The van der Waals surface area contributed by atoms with Gasteiger partial charge >= 0.3 is 0 Å². The SMILES string of the molecule is Cn1cc(Br)c(CNC(=O)c2ccc3c(c2)OCc2cnccc2-3)n1. The number of rotatable bonds is 3. The van der Waals surface area contributed by atoms with Crippen LogP contribution in [-0.4, -0.2) is 20.7 Å². The Morgan fingerprint density at radius 3 is 3.04 bits per heavy atom. The average molecular weight is 399 g/mol. The second kappa shape index (κ2) is 6.33. The van der Waals surface area contributed by atoms with Gasteiger partial charge in [-0.3, -0.25) is 14.5 Å². The largest absolute Gasteiger partial charge is 0.488 e. The summed E-state index contributed by atoms with van der Waals surface area (Å²) in [4.78, 5) is 16.6. The van der Waals surface area contributed by atoms with Crippen molar-refractivity contribution in [3.63, 3.8) is 0 Å². The van der Waals surface area contributed by atoms with Gasteiger partial charge in [0.1, 0.15) is 12.4 Å². The van der Waals surface area contributed by atoms with Gasteiger partial charge in [0.2, 0.25) is 0 Å². The molecular weight excluding hydrogens is 384 g/mol. The molecule has 0 unspecified atom stereocenters. The van der Waals surface area contributed by atoms with E-state index in [4.69, 9.17) is 4.74 Å². The maximum absolute atomic E-state index is 12.4. The van der Waals surface area contributed by atoms with Crippen molar-refractivity contribution in [3.05, 3.63) is 64.1 Å². The third-order valence-corrected chi connectivity index (χ3v) is 4.75. The van der Waals surface area contributed by atoms with Gasteiger partial charge in [-0.2, -0.15) is 5.10 Å². The van der Waals surface area contributed by atoms with Gasteiger partial charge in [0, 0.05) is 42.3 Å². The molecule has 7 heteroatoms. The number of hydrogen-bond acceptors (Lipinski definition) is 4. The van der Waals surface area contributed by atoms with Crippen molar-refractivity contribution in [3.8, 4) is 16.9 Å². The Labute approximate surface area is 153 Å². The summed E-state index contributed by atoms with van der Waals surface area (Å²) in [7, 11) is 1.84. The van der Waals surface area contributed by atoms with Crippen LogP contribution >= 0.6 is 15.9 Å². The lowest BCUT2D eigenvalue weighted by Gasteiger charge is -2.20. The summed E-state index contributed by atoms with van der Waals surface area (Å²) in [5, 5.41) is 7.18. The van der Waals surface area contributed by atoms with Gasteiger partial charge in [-0.15, -0.1) is 0 Å².